The summed E-state index contributed by atoms with van der Waals surface area (Å²) >= 11 is -2.95. The van der Waals surface area contributed by atoms with Crippen molar-refractivity contribution >= 4 is 93.4 Å². The first kappa shape index (κ1) is 41.8. The summed E-state index contributed by atoms with van der Waals surface area (Å²) in [5.74, 6) is 0. The third-order valence-corrected chi connectivity index (χ3v) is 218. The zero-order valence-corrected chi connectivity index (χ0v) is 43.5. The SMILES string of the molecule is c1ccc([As]2CCCCCCCCCCCCC[As](c3ccccc3)[As](c3ccccc3)[As](c3ccccc3)[As](c3ccccc3)[As]2c2ccccc2)cc1. The first-order valence-corrected chi connectivity index (χ1v) is 54.7. The summed E-state index contributed by atoms with van der Waals surface area (Å²) < 4.78 is 10.8. The van der Waals surface area contributed by atoms with Gasteiger partial charge in [-0.1, -0.05) is 0 Å². The molecular formula is C49H56As6. The standard InChI is InChI=1S/C49H56As6/c1-2-4-6-8-28-42-50(44-30-16-10-17-31-44)52(46-34-20-12-21-35-46)54(48-38-24-14-25-39-48)55(49-40-26-15-27-41-49)53(47-36-22-13-23-37-47)51(43-29-9-7-5-3-1)45-32-18-11-19-33-45/h10-27,30-41H,1-9,28-29,42-43H2. The third kappa shape index (κ3) is 11.9. The molecule has 6 atom stereocenters. The predicted octanol–water partition coefficient (Wildman–Crippen LogP) is 8.10. The van der Waals surface area contributed by atoms with E-state index in [1.54, 1.807) is 8.70 Å². The molecular weight excluding hydrogens is 1040 g/mol. The first-order valence-electron chi connectivity index (χ1n) is 20.4. The molecule has 7 rings (SSSR count). The van der Waals surface area contributed by atoms with Crippen LogP contribution >= 0.6 is 0 Å². The maximum absolute atomic E-state index is 2.65. The topological polar surface area (TPSA) is 0 Å². The van der Waals surface area contributed by atoms with Gasteiger partial charge in [0.05, 0.1) is 0 Å². The first-order chi connectivity index (χ1) is 27.4. The molecule has 0 bridgehead atoms. The molecule has 0 amide bonds. The fraction of sp³-hybridized carbons (Fsp3) is 0.265. The van der Waals surface area contributed by atoms with Crippen LogP contribution in [-0.2, 0) is 0 Å². The molecule has 1 heterocycles. The zero-order chi connectivity index (χ0) is 37.3. The minimum atomic E-state index is -1.67. The summed E-state index contributed by atoms with van der Waals surface area (Å²) in [5.41, 5.74) is 0. The van der Waals surface area contributed by atoms with Gasteiger partial charge in [0.2, 0.25) is 0 Å². The maximum atomic E-state index is 2.65. The summed E-state index contributed by atoms with van der Waals surface area (Å²) in [6.07, 6.45) is 15.7. The van der Waals surface area contributed by atoms with Gasteiger partial charge in [-0.25, -0.2) is 0 Å². The molecule has 0 spiro atoms. The van der Waals surface area contributed by atoms with Crippen LogP contribution < -0.4 is 26.1 Å². The third-order valence-electron chi connectivity index (χ3n) is 10.3. The number of hydrogen-bond acceptors (Lipinski definition) is 0. The van der Waals surface area contributed by atoms with Gasteiger partial charge in [0, 0.05) is 0 Å². The van der Waals surface area contributed by atoms with Gasteiger partial charge >= 0.3 is 356 Å². The second kappa shape index (κ2) is 23.3. The molecule has 6 unspecified atom stereocenters. The molecule has 0 radical (unpaired) electrons. The van der Waals surface area contributed by atoms with E-state index in [9.17, 15) is 0 Å². The van der Waals surface area contributed by atoms with Crippen LogP contribution in [0.3, 0.4) is 0 Å². The summed E-state index contributed by atoms with van der Waals surface area (Å²) in [6, 6.07) is 74.0. The molecule has 1 saturated heterocycles. The van der Waals surface area contributed by atoms with Crippen molar-refractivity contribution < 1.29 is 0 Å². The van der Waals surface area contributed by atoms with Gasteiger partial charge in [0.15, 0.2) is 0 Å². The quantitative estimate of drug-likeness (QED) is 0.148. The number of hydrogen-bond donors (Lipinski definition) is 0. The molecule has 6 heteroatoms. The Balaban J connectivity index is 1.50. The monoisotopic (exact) mass is 1090 g/mol. The van der Waals surface area contributed by atoms with E-state index in [-0.39, 0.29) is 0 Å². The molecule has 1 aliphatic heterocycles. The van der Waals surface area contributed by atoms with Crippen molar-refractivity contribution in [1.29, 1.82) is 0 Å². The molecule has 6 aromatic carbocycles. The van der Waals surface area contributed by atoms with Crippen LogP contribution in [0.4, 0.5) is 0 Å². The van der Waals surface area contributed by atoms with Crippen LogP contribution in [0.15, 0.2) is 182 Å². The van der Waals surface area contributed by atoms with Gasteiger partial charge in [0.1, 0.15) is 0 Å². The summed E-state index contributed by atoms with van der Waals surface area (Å²) in [7, 11) is -6.53. The fourth-order valence-electron chi connectivity index (χ4n) is 7.53. The number of benzene rings is 6. The summed E-state index contributed by atoms with van der Waals surface area (Å²) in [5, 5.41) is 2.97. The average molecular weight is 1090 g/mol. The van der Waals surface area contributed by atoms with Crippen molar-refractivity contribution in [2.24, 2.45) is 0 Å². The van der Waals surface area contributed by atoms with Crippen LogP contribution in [0.1, 0.15) is 70.6 Å². The molecule has 0 N–H and O–H groups in total. The van der Waals surface area contributed by atoms with Crippen LogP contribution in [-0.4, -0.2) is 67.2 Å². The van der Waals surface area contributed by atoms with Crippen LogP contribution in [0.2, 0.25) is 10.4 Å². The van der Waals surface area contributed by atoms with Crippen molar-refractivity contribution in [1.82, 2.24) is 0 Å². The summed E-state index contributed by atoms with van der Waals surface area (Å²) in [4.78, 5) is 0. The molecule has 282 valence electrons. The molecule has 0 nitrogen and oxygen atoms in total. The van der Waals surface area contributed by atoms with E-state index in [1.807, 2.05) is 17.4 Å². The van der Waals surface area contributed by atoms with Crippen molar-refractivity contribution in [2.75, 3.05) is 0 Å². The Labute approximate surface area is 352 Å². The van der Waals surface area contributed by atoms with Crippen molar-refractivity contribution in [3.8, 4) is 0 Å². The molecule has 0 aromatic heterocycles. The van der Waals surface area contributed by atoms with Gasteiger partial charge in [-0.05, 0) is 0 Å². The Hall–Kier alpha value is -1.33. The van der Waals surface area contributed by atoms with Crippen molar-refractivity contribution in [3.05, 3.63) is 182 Å². The van der Waals surface area contributed by atoms with Crippen LogP contribution in [0.5, 0.6) is 0 Å². The molecule has 6 aromatic rings. The van der Waals surface area contributed by atoms with Crippen LogP contribution in [0, 0.1) is 0 Å². The Morgan fingerprint density at radius 2 is 0.400 bits per heavy atom. The Kier molecular flexibility index (Phi) is 17.7. The van der Waals surface area contributed by atoms with E-state index in [1.165, 1.54) is 81.0 Å². The second-order valence-corrected chi connectivity index (χ2v) is 107. The average Bonchev–Trinajstić information content (AvgIpc) is 3.26. The van der Waals surface area contributed by atoms with Crippen molar-refractivity contribution in [3.63, 3.8) is 0 Å². The fourth-order valence-corrected chi connectivity index (χ4v) is 411. The normalized spacial score (nSPS) is 23.8. The van der Waals surface area contributed by atoms with Gasteiger partial charge in [-0.2, -0.15) is 0 Å². The zero-order valence-electron chi connectivity index (χ0n) is 32.2. The molecule has 1 aliphatic rings. The summed E-state index contributed by atoms with van der Waals surface area (Å²) in [6.45, 7) is 0. The minimum absolute atomic E-state index is 1.42. The van der Waals surface area contributed by atoms with E-state index < -0.39 is 67.2 Å². The Bertz CT molecular complexity index is 1770. The van der Waals surface area contributed by atoms with E-state index >= 15 is 0 Å². The molecule has 1 fully saturated rings. The van der Waals surface area contributed by atoms with E-state index in [0.717, 1.165) is 0 Å². The Morgan fingerprint density at radius 1 is 0.200 bits per heavy atom. The van der Waals surface area contributed by atoms with Gasteiger partial charge < -0.3 is 0 Å². The van der Waals surface area contributed by atoms with Gasteiger partial charge in [-0.3, -0.25) is 0 Å². The van der Waals surface area contributed by atoms with Gasteiger partial charge in [-0.15, -0.1) is 0 Å². The second-order valence-electron chi connectivity index (χ2n) is 14.3. The molecule has 0 saturated carbocycles. The van der Waals surface area contributed by atoms with E-state index in [2.05, 4.69) is 182 Å². The predicted molar refractivity (Wildman–Crippen MR) is 251 cm³/mol. The van der Waals surface area contributed by atoms with Crippen molar-refractivity contribution in [2.45, 2.75) is 81.0 Å². The van der Waals surface area contributed by atoms with Gasteiger partial charge in [0.25, 0.3) is 0 Å². The Morgan fingerprint density at radius 3 is 0.655 bits per heavy atom. The molecule has 55 heavy (non-hydrogen) atoms. The van der Waals surface area contributed by atoms with E-state index in [0.29, 0.717) is 0 Å². The van der Waals surface area contributed by atoms with E-state index in [4.69, 9.17) is 0 Å². The van der Waals surface area contributed by atoms with Crippen LogP contribution in [0.25, 0.3) is 0 Å². The molecule has 0 aliphatic carbocycles. The number of rotatable bonds is 6.